The van der Waals surface area contributed by atoms with E-state index in [0.29, 0.717) is 5.56 Å². The van der Waals surface area contributed by atoms with Crippen molar-refractivity contribution in [3.63, 3.8) is 0 Å². The van der Waals surface area contributed by atoms with E-state index in [2.05, 4.69) is 17.5 Å². The Labute approximate surface area is 133 Å². The molecule has 2 aliphatic rings. The number of hydrogen-bond acceptors (Lipinski definition) is 2. The summed E-state index contributed by atoms with van der Waals surface area (Å²) in [6.45, 7) is 2.11. The molecule has 0 aromatic heterocycles. The van der Waals surface area contributed by atoms with Crippen LogP contribution in [0.5, 0.6) is 0 Å². The highest BCUT2D eigenvalue weighted by Crippen LogP contribution is 2.39. The number of amides is 1. The van der Waals surface area contributed by atoms with E-state index in [1.54, 1.807) is 0 Å². The minimum absolute atomic E-state index is 0.0964. The smallest absolute Gasteiger partial charge is 0.267 e. The van der Waals surface area contributed by atoms with E-state index >= 15 is 0 Å². The van der Waals surface area contributed by atoms with Crippen molar-refractivity contribution in [3.05, 3.63) is 35.4 Å². The lowest BCUT2D eigenvalue weighted by Gasteiger charge is -2.35. The number of nitrogens with zero attached hydrogens (tertiary/aromatic N) is 1. The number of aryl methyl sites for hydroxylation is 1. The molecule has 3 rings (SSSR count). The minimum Gasteiger partial charge on any atom is -0.267 e. The van der Waals surface area contributed by atoms with Gasteiger partial charge in [-0.15, -0.1) is 0 Å². The summed E-state index contributed by atoms with van der Waals surface area (Å²) in [4.78, 5) is 12.2. The summed E-state index contributed by atoms with van der Waals surface area (Å²) in [6, 6.07) is 7.78. The van der Waals surface area contributed by atoms with Crippen LogP contribution in [0.25, 0.3) is 0 Å². The quantitative estimate of drug-likeness (QED) is 0.829. The van der Waals surface area contributed by atoms with Gasteiger partial charge in [-0.25, -0.2) is 5.43 Å². The number of benzene rings is 1. The lowest BCUT2D eigenvalue weighted by molar-refractivity contribution is 0.0954. The molecule has 2 fully saturated rings. The van der Waals surface area contributed by atoms with Crippen molar-refractivity contribution in [2.75, 3.05) is 0 Å². The van der Waals surface area contributed by atoms with Crippen molar-refractivity contribution in [2.45, 2.75) is 58.3 Å². The van der Waals surface area contributed by atoms with Gasteiger partial charge >= 0.3 is 0 Å². The van der Waals surface area contributed by atoms with Crippen LogP contribution in [0, 0.1) is 11.8 Å². The molecule has 3 heteroatoms. The van der Waals surface area contributed by atoms with Crippen LogP contribution in [0.1, 0.15) is 67.8 Å². The van der Waals surface area contributed by atoms with Gasteiger partial charge in [0.15, 0.2) is 0 Å². The van der Waals surface area contributed by atoms with Gasteiger partial charge in [-0.05, 0) is 61.6 Å². The molecular formula is C19H26N2O. The lowest BCUT2D eigenvalue weighted by atomic mass is 9.70. The fourth-order valence-corrected chi connectivity index (χ4v) is 3.88. The fraction of sp³-hybridized carbons (Fsp3) is 0.579. The summed E-state index contributed by atoms with van der Waals surface area (Å²) in [5.41, 5.74) is 5.87. The SMILES string of the molecule is CCc1ccc(C(=O)N/N=C2/CC[C@@H]3CCCC[C@@H]3C2)cc1. The second kappa shape index (κ2) is 7.08. The maximum absolute atomic E-state index is 12.2. The zero-order chi connectivity index (χ0) is 15.4. The lowest BCUT2D eigenvalue weighted by Crippen LogP contribution is -2.29. The number of nitrogens with one attached hydrogen (secondary N) is 1. The van der Waals surface area contributed by atoms with Gasteiger partial charge in [0.2, 0.25) is 0 Å². The van der Waals surface area contributed by atoms with Crippen LogP contribution in [0.15, 0.2) is 29.4 Å². The largest absolute Gasteiger partial charge is 0.271 e. The third-order valence-electron chi connectivity index (χ3n) is 5.31. The van der Waals surface area contributed by atoms with E-state index < -0.39 is 0 Å². The van der Waals surface area contributed by atoms with Gasteiger partial charge in [-0.3, -0.25) is 4.79 Å². The molecule has 22 heavy (non-hydrogen) atoms. The number of fused-ring (bicyclic) bond motifs is 1. The van der Waals surface area contributed by atoms with Gasteiger partial charge in [0, 0.05) is 11.3 Å². The third kappa shape index (κ3) is 3.57. The molecule has 1 aromatic carbocycles. The topological polar surface area (TPSA) is 41.5 Å². The van der Waals surface area contributed by atoms with Crippen LogP contribution >= 0.6 is 0 Å². The number of rotatable bonds is 3. The van der Waals surface area contributed by atoms with Gasteiger partial charge in [-0.1, -0.05) is 38.3 Å². The molecule has 0 radical (unpaired) electrons. The van der Waals surface area contributed by atoms with Crippen LogP contribution in [0.4, 0.5) is 0 Å². The van der Waals surface area contributed by atoms with Gasteiger partial charge in [-0.2, -0.15) is 5.10 Å². The van der Waals surface area contributed by atoms with Crippen molar-refractivity contribution in [1.29, 1.82) is 0 Å². The van der Waals surface area contributed by atoms with Crippen LogP contribution < -0.4 is 5.43 Å². The normalized spacial score (nSPS) is 26.5. The third-order valence-corrected chi connectivity index (χ3v) is 5.31. The summed E-state index contributed by atoms with van der Waals surface area (Å²) < 4.78 is 0. The zero-order valence-corrected chi connectivity index (χ0v) is 13.5. The summed E-state index contributed by atoms with van der Waals surface area (Å²) >= 11 is 0. The fourth-order valence-electron chi connectivity index (χ4n) is 3.88. The molecule has 0 bridgehead atoms. The molecular weight excluding hydrogens is 272 g/mol. The first-order valence-corrected chi connectivity index (χ1v) is 8.71. The molecule has 0 aliphatic heterocycles. The number of carbonyl (C=O) groups is 1. The minimum atomic E-state index is -0.0964. The van der Waals surface area contributed by atoms with Crippen molar-refractivity contribution in [1.82, 2.24) is 5.43 Å². The predicted octanol–water partition coefficient (Wildman–Crippen LogP) is 4.33. The van der Waals surface area contributed by atoms with E-state index in [9.17, 15) is 4.79 Å². The zero-order valence-electron chi connectivity index (χ0n) is 13.5. The van der Waals surface area contributed by atoms with E-state index in [-0.39, 0.29) is 5.91 Å². The Balaban J connectivity index is 1.57. The Hall–Kier alpha value is -1.64. The molecule has 118 valence electrons. The second-order valence-electron chi connectivity index (χ2n) is 6.72. The van der Waals surface area contributed by atoms with Crippen LogP contribution in [0.3, 0.4) is 0 Å². The van der Waals surface area contributed by atoms with Gasteiger partial charge in [0.1, 0.15) is 0 Å². The predicted molar refractivity (Wildman–Crippen MR) is 90.0 cm³/mol. The Morgan fingerprint density at radius 3 is 2.59 bits per heavy atom. The molecule has 2 atom stereocenters. The second-order valence-corrected chi connectivity index (χ2v) is 6.72. The van der Waals surface area contributed by atoms with Crippen molar-refractivity contribution in [2.24, 2.45) is 16.9 Å². The average molecular weight is 298 g/mol. The van der Waals surface area contributed by atoms with Gasteiger partial charge in [0.25, 0.3) is 5.91 Å². The Kier molecular flexibility index (Phi) is 4.91. The maximum atomic E-state index is 12.2. The molecule has 1 aromatic rings. The van der Waals surface area contributed by atoms with Crippen LogP contribution in [-0.2, 0) is 6.42 Å². The van der Waals surface area contributed by atoms with Crippen molar-refractivity contribution < 1.29 is 4.79 Å². The first-order valence-electron chi connectivity index (χ1n) is 8.71. The summed E-state index contributed by atoms with van der Waals surface area (Å²) in [7, 11) is 0. The highest BCUT2D eigenvalue weighted by atomic mass is 16.2. The molecule has 0 heterocycles. The van der Waals surface area contributed by atoms with Gasteiger partial charge < -0.3 is 0 Å². The standard InChI is InChI=1S/C19H26N2O/c1-2-14-7-9-16(10-8-14)19(22)21-20-18-12-11-15-5-3-4-6-17(15)13-18/h7-10,15,17H,2-6,11-13H2,1H3,(H,21,22)/b20-18-/t15-,17+/m0/s1. The van der Waals surface area contributed by atoms with Crippen molar-refractivity contribution >= 4 is 11.6 Å². The number of hydrazone groups is 1. The summed E-state index contributed by atoms with van der Waals surface area (Å²) in [6.07, 6.45) is 9.89. The van der Waals surface area contributed by atoms with Crippen LogP contribution in [-0.4, -0.2) is 11.6 Å². The van der Waals surface area contributed by atoms with Crippen molar-refractivity contribution in [3.8, 4) is 0 Å². The molecule has 1 amide bonds. The first-order chi connectivity index (χ1) is 10.8. The molecule has 2 saturated carbocycles. The molecule has 3 nitrogen and oxygen atoms in total. The Morgan fingerprint density at radius 1 is 1.14 bits per heavy atom. The molecule has 0 saturated heterocycles. The Morgan fingerprint density at radius 2 is 1.86 bits per heavy atom. The summed E-state index contributed by atoms with van der Waals surface area (Å²) in [5.74, 6) is 1.62. The monoisotopic (exact) mass is 298 g/mol. The van der Waals surface area contributed by atoms with Crippen LogP contribution in [0.2, 0.25) is 0 Å². The maximum Gasteiger partial charge on any atom is 0.271 e. The highest BCUT2D eigenvalue weighted by molar-refractivity contribution is 5.95. The molecule has 1 N–H and O–H groups in total. The van der Waals surface area contributed by atoms with E-state index in [4.69, 9.17) is 0 Å². The molecule has 0 unspecified atom stereocenters. The average Bonchev–Trinajstić information content (AvgIpc) is 2.59. The molecule has 2 aliphatic carbocycles. The Bertz CT molecular complexity index is 547. The molecule has 0 spiro atoms. The van der Waals surface area contributed by atoms with Gasteiger partial charge in [0.05, 0.1) is 0 Å². The number of hydrogen-bond donors (Lipinski definition) is 1. The highest BCUT2D eigenvalue weighted by Gasteiger charge is 2.30. The van der Waals surface area contributed by atoms with E-state index in [1.807, 2.05) is 24.3 Å². The first kappa shape index (κ1) is 15.3. The summed E-state index contributed by atoms with van der Waals surface area (Å²) in [5, 5.41) is 4.41. The number of carbonyl (C=O) groups excluding carboxylic acids is 1. The van der Waals surface area contributed by atoms with E-state index in [0.717, 1.165) is 31.1 Å². The van der Waals surface area contributed by atoms with E-state index in [1.165, 1.54) is 43.4 Å².